The summed E-state index contributed by atoms with van der Waals surface area (Å²) in [6.45, 7) is 0.346. The molecule has 0 saturated heterocycles. The zero-order chi connectivity index (χ0) is 11.0. The number of hydrogen-bond acceptors (Lipinski definition) is 6. The van der Waals surface area contributed by atoms with Crippen molar-refractivity contribution in [1.29, 1.82) is 0 Å². The van der Waals surface area contributed by atoms with Crippen molar-refractivity contribution >= 4 is 8.25 Å². The zero-order valence-corrected chi connectivity index (χ0v) is 9.31. The maximum Gasteiger partial charge on any atom is 0.697 e. The minimum absolute atomic E-state index is 0.187. The molecular weight excluding hydrogens is 209 g/mol. The van der Waals surface area contributed by atoms with Crippen LogP contribution in [0.5, 0.6) is 0 Å². The molecule has 14 heavy (non-hydrogen) atoms. The normalized spacial score (nSPS) is 14.5. The molecule has 0 fully saturated rings. The lowest BCUT2D eigenvalue weighted by molar-refractivity contribution is 0.0495. The van der Waals surface area contributed by atoms with Gasteiger partial charge in [-0.1, -0.05) is 0 Å². The molecule has 0 aliphatic carbocycles. The van der Waals surface area contributed by atoms with Gasteiger partial charge in [0.1, 0.15) is 19.3 Å². The van der Waals surface area contributed by atoms with Crippen molar-refractivity contribution in [3.63, 3.8) is 0 Å². The standard InChI is InChI=1S/C7H17NO5P/c1-8(2)3-4-12-14(11)13-6-7(10)5-9/h7,9-10H,3-6H2,1-2H3/q+1/t7-/m1/s1. The average Bonchev–Trinajstić information content (AvgIpc) is 2.13. The smallest absolute Gasteiger partial charge is 0.394 e. The Morgan fingerprint density at radius 1 is 1.43 bits per heavy atom. The van der Waals surface area contributed by atoms with Crippen LogP contribution in [-0.4, -0.2) is 61.7 Å². The highest BCUT2D eigenvalue weighted by molar-refractivity contribution is 7.33. The lowest BCUT2D eigenvalue weighted by Gasteiger charge is -2.04. The van der Waals surface area contributed by atoms with E-state index in [0.29, 0.717) is 13.2 Å². The van der Waals surface area contributed by atoms with Crippen LogP contribution in [0.1, 0.15) is 0 Å². The van der Waals surface area contributed by atoms with Crippen LogP contribution in [0.3, 0.4) is 0 Å². The Hall–Kier alpha value is -0.100. The average molecular weight is 226 g/mol. The zero-order valence-electron chi connectivity index (χ0n) is 8.42. The highest BCUT2D eigenvalue weighted by Gasteiger charge is 2.21. The van der Waals surface area contributed by atoms with Crippen LogP contribution < -0.4 is 0 Å². The largest absolute Gasteiger partial charge is 0.697 e. The van der Waals surface area contributed by atoms with Crippen LogP contribution in [0.15, 0.2) is 0 Å². The van der Waals surface area contributed by atoms with Crippen molar-refractivity contribution in [2.75, 3.05) is 40.5 Å². The summed E-state index contributed by atoms with van der Waals surface area (Å²) in [5, 5.41) is 17.3. The predicted molar refractivity (Wildman–Crippen MR) is 51.2 cm³/mol. The summed E-state index contributed by atoms with van der Waals surface area (Å²) in [5.74, 6) is 0. The van der Waals surface area contributed by atoms with Gasteiger partial charge in [0.15, 0.2) is 0 Å². The molecule has 0 rings (SSSR count). The van der Waals surface area contributed by atoms with E-state index < -0.39 is 21.0 Å². The number of aliphatic hydroxyl groups is 2. The van der Waals surface area contributed by atoms with E-state index in [1.54, 1.807) is 0 Å². The Kier molecular flexibility index (Phi) is 8.17. The summed E-state index contributed by atoms with van der Waals surface area (Å²) >= 11 is 0. The quantitative estimate of drug-likeness (QED) is 0.548. The Bertz CT molecular complexity index is 166. The molecule has 0 amide bonds. The van der Waals surface area contributed by atoms with Gasteiger partial charge in [-0.15, -0.1) is 9.05 Å². The fourth-order valence-corrected chi connectivity index (χ4v) is 1.13. The Labute approximate surface area is 84.4 Å². The third-order valence-corrected chi connectivity index (χ3v) is 2.07. The highest BCUT2D eigenvalue weighted by atomic mass is 31.1. The van der Waals surface area contributed by atoms with Gasteiger partial charge in [-0.2, -0.15) is 0 Å². The molecule has 0 spiro atoms. The van der Waals surface area contributed by atoms with Gasteiger partial charge in [0.2, 0.25) is 0 Å². The van der Waals surface area contributed by atoms with Crippen LogP contribution in [0, 0.1) is 0 Å². The van der Waals surface area contributed by atoms with Gasteiger partial charge in [-0.3, -0.25) is 0 Å². The Balaban J connectivity index is 3.37. The van der Waals surface area contributed by atoms with E-state index in [1.807, 2.05) is 19.0 Å². The molecule has 2 N–H and O–H groups in total. The summed E-state index contributed by atoms with van der Waals surface area (Å²) in [5.41, 5.74) is 0. The molecule has 0 aliphatic heterocycles. The molecule has 0 radical (unpaired) electrons. The van der Waals surface area contributed by atoms with Crippen molar-refractivity contribution in [2.24, 2.45) is 0 Å². The van der Waals surface area contributed by atoms with Crippen molar-refractivity contribution in [3.8, 4) is 0 Å². The van der Waals surface area contributed by atoms with Gasteiger partial charge in [0.05, 0.1) is 6.61 Å². The lowest BCUT2D eigenvalue weighted by Crippen LogP contribution is -2.18. The monoisotopic (exact) mass is 226 g/mol. The molecule has 0 heterocycles. The van der Waals surface area contributed by atoms with E-state index in [9.17, 15) is 4.57 Å². The van der Waals surface area contributed by atoms with E-state index in [2.05, 4.69) is 4.52 Å². The maximum absolute atomic E-state index is 10.9. The minimum Gasteiger partial charge on any atom is -0.394 e. The lowest BCUT2D eigenvalue weighted by atomic mass is 10.4. The van der Waals surface area contributed by atoms with E-state index in [1.165, 1.54) is 0 Å². The second-order valence-corrected chi connectivity index (χ2v) is 3.96. The van der Waals surface area contributed by atoms with E-state index in [4.69, 9.17) is 14.7 Å². The van der Waals surface area contributed by atoms with Crippen LogP contribution in [-0.2, 0) is 13.6 Å². The summed E-state index contributed by atoms with van der Waals surface area (Å²) in [6.07, 6.45) is -1.01. The number of hydrogen-bond donors (Lipinski definition) is 2. The van der Waals surface area contributed by atoms with E-state index >= 15 is 0 Å². The number of nitrogens with zero attached hydrogens (tertiary/aromatic N) is 1. The SMILES string of the molecule is CN(C)CCO[P+](=O)OC[C@H](O)CO. The molecule has 0 aliphatic rings. The van der Waals surface area contributed by atoms with Gasteiger partial charge >= 0.3 is 8.25 Å². The van der Waals surface area contributed by atoms with Gasteiger partial charge in [0, 0.05) is 11.1 Å². The predicted octanol–water partition coefficient (Wildman–Crippen LogP) is -0.408. The molecule has 1 unspecified atom stereocenters. The first-order valence-corrected chi connectivity index (χ1v) is 5.32. The first-order chi connectivity index (χ1) is 6.56. The van der Waals surface area contributed by atoms with Crippen LogP contribution in [0.2, 0.25) is 0 Å². The molecule has 84 valence electrons. The topological polar surface area (TPSA) is 79.2 Å². The fourth-order valence-electron chi connectivity index (χ4n) is 0.535. The van der Waals surface area contributed by atoms with Gasteiger partial charge in [-0.25, -0.2) is 0 Å². The molecule has 7 heteroatoms. The molecule has 0 saturated carbocycles. The second kappa shape index (κ2) is 8.23. The highest BCUT2D eigenvalue weighted by Crippen LogP contribution is 2.23. The molecule has 0 aromatic heterocycles. The van der Waals surface area contributed by atoms with Crippen LogP contribution >= 0.6 is 8.25 Å². The summed E-state index contributed by atoms with van der Waals surface area (Å²) in [6, 6.07) is 0. The maximum atomic E-state index is 10.9. The van der Waals surface area contributed by atoms with Crippen LogP contribution in [0.25, 0.3) is 0 Å². The third-order valence-electron chi connectivity index (χ3n) is 1.32. The fraction of sp³-hybridized carbons (Fsp3) is 1.00. The number of rotatable bonds is 8. The molecule has 0 aromatic rings. The third kappa shape index (κ3) is 8.50. The molecule has 0 bridgehead atoms. The minimum atomic E-state index is -2.20. The van der Waals surface area contributed by atoms with Crippen molar-refractivity contribution in [1.82, 2.24) is 4.90 Å². The molecule has 2 atom stereocenters. The molecule has 6 nitrogen and oxygen atoms in total. The number of likely N-dealkylation sites (N-methyl/N-ethyl adjacent to an activating group) is 1. The second-order valence-electron chi connectivity index (χ2n) is 2.99. The molecular formula is C7H17NO5P+. The Morgan fingerprint density at radius 2 is 2.07 bits per heavy atom. The van der Waals surface area contributed by atoms with Crippen molar-refractivity contribution < 1.29 is 23.8 Å². The first-order valence-electron chi connectivity index (χ1n) is 4.23. The van der Waals surface area contributed by atoms with E-state index in [0.717, 1.165) is 0 Å². The van der Waals surface area contributed by atoms with Gasteiger partial charge in [-0.05, 0) is 14.1 Å². The summed E-state index contributed by atoms with van der Waals surface area (Å²) < 4.78 is 20.4. The number of aliphatic hydroxyl groups excluding tert-OH is 2. The van der Waals surface area contributed by atoms with Gasteiger partial charge < -0.3 is 15.1 Å². The van der Waals surface area contributed by atoms with Crippen molar-refractivity contribution in [3.05, 3.63) is 0 Å². The van der Waals surface area contributed by atoms with Crippen molar-refractivity contribution in [2.45, 2.75) is 6.10 Å². The summed E-state index contributed by atoms with van der Waals surface area (Å²) in [7, 11) is 1.54. The Morgan fingerprint density at radius 3 is 2.57 bits per heavy atom. The first kappa shape index (κ1) is 13.9. The van der Waals surface area contributed by atoms with E-state index in [-0.39, 0.29) is 6.61 Å². The molecule has 0 aromatic carbocycles. The summed E-state index contributed by atoms with van der Waals surface area (Å²) in [4.78, 5) is 1.88. The van der Waals surface area contributed by atoms with Gasteiger partial charge in [0.25, 0.3) is 0 Å². The van der Waals surface area contributed by atoms with Crippen LogP contribution in [0.4, 0.5) is 0 Å².